The molecule has 0 aliphatic carbocycles. The first-order valence-electron chi connectivity index (χ1n) is 17.8. The monoisotopic (exact) mass is 774 g/mol. The Hall–Kier alpha value is -3.41. The summed E-state index contributed by atoms with van der Waals surface area (Å²) >= 11 is 0.956. The third-order valence-corrected chi connectivity index (χ3v) is 10.6. The van der Waals surface area contributed by atoms with Gasteiger partial charge in [0.25, 0.3) is 0 Å². The fourth-order valence-corrected chi connectivity index (χ4v) is 7.54. The van der Waals surface area contributed by atoms with Crippen molar-refractivity contribution < 1.29 is 46.6 Å². The van der Waals surface area contributed by atoms with Crippen molar-refractivity contribution in [2.45, 2.75) is 102 Å². The summed E-state index contributed by atoms with van der Waals surface area (Å²) in [4.78, 5) is 70.3. The van der Waals surface area contributed by atoms with E-state index in [0.29, 0.717) is 30.7 Å². The van der Waals surface area contributed by atoms with Crippen molar-refractivity contribution in [1.82, 2.24) is 24.7 Å². The van der Waals surface area contributed by atoms with E-state index in [2.05, 4.69) is 10.0 Å². The van der Waals surface area contributed by atoms with Crippen LogP contribution in [0.5, 0.6) is 0 Å². The molecule has 0 aromatic heterocycles. The van der Waals surface area contributed by atoms with Gasteiger partial charge < -0.3 is 29.9 Å². The number of methoxy groups -OCH3 is 2. The minimum absolute atomic E-state index is 0.0195. The van der Waals surface area contributed by atoms with Gasteiger partial charge in [0, 0.05) is 38.4 Å². The average Bonchev–Trinajstić information content (AvgIpc) is 3.58. The lowest BCUT2D eigenvalue weighted by atomic mass is 9.90. The van der Waals surface area contributed by atoms with Gasteiger partial charge in [-0.05, 0) is 75.0 Å². The predicted molar refractivity (Wildman–Crippen MR) is 197 cm³/mol. The lowest BCUT2D eigenvalue weighted by Crippen LogP contribution is -2.55. The van der Waals surface area contributed by atoms with E-state index < -0.39 is 48.3 Å². The molecular weight excluding hydrogens is 717 g/mol. The van der Waals surface area contributed by atoms with Gasteiger partial charge in [0.15, 0.2) is 0 Å². The minimum atomic E-state index is -5.02. The van der Waals surface area contributed by atoms with Gasteiger partial charge in [0.1, 0.15) is 0 Å². The number of carbonyl (C=O) groups excluding carboxylic acids is 5. The van der Waals surface area contributed by atoms with Gasteiger partial charge in [-0.1, -0.05) is 41.0 Å². The van der Waals surface area contributed by atoms with E-state index in [-0.39, 0.29) is 54.1 Å². The summed E-state index contributed by atoms with van der Waals surface area (Å²) in [6.07, 6.45) is -4.33. The van der Waals surface area contributed by atoms with E-state index >= 15 is 0 Å². The number of halogens is 3. The fraction of sp³-hybridized carbons (Fsp3) is 0.694. The lowest BCUT2D eigenvalue weighted by molar-refractivity contribution is -0.167. The quantitative estimate of drug-likeness (QED) is 0.178. The molecule has 0 bridgehead atoms. The second-order valence-electron chi connectivity index (χ2n) is 14.1. The van der Waals surface area contributed by atoms with Gasteiger partial charge in [-0.3, -0.25) is 33.6 Å². The number of nitrogens with one attached hydrogen (secondary N) is 3. The zero-order valence-electron chi connectivity index (χ0n) is 32.4. The van der Waals surface area contributed by atoms with Crippen LogP contribution in [0.2, 0.25) is 0 Å². The highest BCUT2D eigenvalue weighted by Crippen LogP contribution is 2.30. The minimum Gasteiger partial charge on any atom is -0.379 e. The number of alkyl halides is 3. The number of ether oxygens (including phenoxy) is 2. The van der Waals surface area contributed by atoms with Crippen LogP contribution in [0.15, 0.2) is 29.2 Å². The molecule has 53 heavy (non-hydrogen) atoms. The number of hydrogen-bond acceptors (Lipinski definition) is 9. The molecule has 17 heteroatoms. The van der Waals surface area contributed by atoms with E-state index in [4.69, 9.17) is 9.47 Å². The zero-order valence-corrected chi connectivity index (χ0v) is 33.2. The summed E-state index contributed by atoms with van der Waals surface area (Å²) in [6.45, 7) is 9.81. The maximum atomic E-state index is 14.0. The molecule has 0 saturated carbocycles. The molecule has 1 saturated heterocycles. The molecule has 0 radical (unpaired) electrons. The molecule has 3 N–H and O–H groups in total. The zero-order chi connectivity index (χ0) is 40.2. The van der Waals surface area contributed by atoms with Crippen molar-refractivity contribution >= 4 is 47.2 Å². The van der Waals surface area contributed by atoms with Crippen LogP contribution in [0.3, 0.4) is 0 Å². The van der Waals surface area contributed by atoms with Crippen molar-refractivity contribution in [3.63, 3.8) is 0 Å². The molecule has 7 atom stereocenters. The van der Waals surface area contributed by atoms with Gasteiger partial charge >= 0.3 is 12.1 Å². The SMILES string of the molecule is CCC(C)C(C(CC(=O)N1CCCC1C(OC)C(C)C(=O)NSc1ccc(NC(=O)C(F)(F)F)cc1)OC)N(C)C(=O)CNC(=O)C(C(C)C)N(C)C. The first kappa shape index (κ1) is 45.7. The first-order valence-corrected chi connectivity index (χ1v) is 18.6. The van der Waals surface area contributed by atoms with Crippen molar-refractivity contribution in [3.8, 4) is 0 Å². The summed E-state index contributed by atoms with van der Waals surface area (Å²) < 4.78 is 52.1. The summed E-state index contributed by atoms with van der Waals surface area (Å²) in [5, 5.41) is 4.54. The smallest absolute Gasteiger partial charge is 0.379 e. The molecule has 1 aromatic rings. The fourth-order valence-electron chi connectivity index (χ4n) is 6.86. The highest BCUT2D eigenvalue weighted by atomic mass is 32.2. The largest absolute Gasteiger partial charge is 0.471 e. The van der Waals surface area contributed by atoms with Crippen LogP contribution in [-0.2, 0) is 33.4 Å². The first-order chi connectivity index (χ1) is 24.8. The maximum absolute atomic E-state index is 14.0. The van der Waals surface area contributed by atoms with Gasteiger partial charge in [-0.25, -0.2) is 0 Å². The number of benzene rings is 1. The van der Waals surface area contributed by atoms with Crippen LogP contribution in [0, 0.1) is 17.8 Å². The van der Waals surface area contributed by atoms with Crippen LogP contribution in [0.25, 0.3) is 0 Å². The van der Waals surface area contributed by atoms with Crippen LogP contribution in [-0.4, -0.2) is 129 Å². The number of amides is 5. The van der Waals surface area contributed by atoms with Crippen molar-refractivity contribution in [3.05, 3.63) is 24.3 Å². The maximum Gasteiger partial charge on any atom is 0.471 e. The number of likely N-dealkylation sites (N-methyl/N-ethyl adjacent to an activating group) is 2. The van der Waals surface area contributed by atoms with Crippen LogP contribution >= 0.6 is 11.9 Å². The molecule has 1 heterocycles. The Morgan fingerprint density at radius 3 is 2.11 bits per heavy atom. The molecule has 7 unspecified atom stereocenters. The summed E-state index contributed by atoms with van der Waals surface area (Å²) in [5.41, 5.74) is -0.0462. The molecule has 1 aliphatic rings. The van der Waals surface area contributed by atoms with Gasteiger partial charge in [0.2, 0.25) is 23.6 Å². The van der Waals surface area contributed by atoms with E-state index in [1.54, 1.807) is 29.1 Å². The summed E-state index contributed by atoms with van der Waals surface area (Å²) in [6, 6.07) is 4.23. The molecule has 13 nitrogen and oxygen atoms in total. The number of rotatable bonds is 19. The topological polar surface area (TPSA) is 150 Å². The lowest BCUT2D eigenvalue weighted by Gasteiger charge is -2.39. The van der Waals surface area contributed by atoms with Crippen molar-refractivity contribution in [2.75, 3.05) is 53.8 Å². The van der Waals surface area contributed by atoms with Crippen LogP contribution in [0.1, 0.15) is 60.3 Å². The number of nitrogens with zero attached hydrogens (tertiary/aromatic N) is 3. The second kappa shape index (κ2) is 20.9. The third kappa shape index (κ3) is 12.9. The number of carbonyl (C=O) groups is 5. The van der Waals surface area contributed by atoms with Crippen LogP contribution in [0.4, 0.5) is 18.9 Å². The van der Waals surface area contributed by atoms with E-state index in [1.807, 2.05) is 46.7 Å². The second-order valence-corrected chi connectivity index (χ2v) is 14.9. The highest BCUT2D eigenvalue weighted by molar-refractivity contribution is 7.98. The van der Waals surface area contributed by atoms with Gasteiger partial charge in [0.05, 0.1) is 49.2 Å². The van der Waals surface area contributed by atoms with E-state index in [1.165, 1.54) is 38.5 Å². The number of hydrogen-bond donors (Lipinski definition) is 3. The van der Waals surface area contributed by atoms with Crippen molar-refractivity contribution in [1.29, 1.82) is 0 Å². The normalized spacial score (nSPS) is 18.2. The third-order valence-electron chi connectivity index (χ3n) is 9.81. The Kier molecular flexibility index (Phi) is 18.0. The molecule has 1 aliphatic heterocycles. The summed E-state index contributed by atoms with van der Waals surface area (Å²) in [7, 11) is 8.28. The predicted octanol–water partition coefficient (Wildman–Crippen LogP) is 3.93. The molecule has 0 spiro atoms. The Labute approximate surface area is 315 Å². The molecule has 5 amide bonds. The molecule has 2 rings (SSSR count). The molecular formula is C36H57F3N6O7S. The Morgan fingerprint density at radius 2 is 1.60 bits per heavy atom. The van der Waals surface area contributed by atoms with E-state index in [9.17, 15) is 37.1 Å². The summed E-state index contributed by atoms with van der Waals surface area (Å²) in [5.74, 6) is -3.90. The highest BCUT2D eigenvalue weighted by Gasteiger charge is 2.42. The van der Waals surface area contributed by atoms with Crippen LogP contribution < -0.4 is 15.4 Å². The number of likely N-dealkylation sites (tertiary alicyclic amines) is 1. The Balaban J connectivity index is 2.10. The molecule has 1 fully saturated rings. The van der Waals surface area contributed by atoms with E-state index in [0.717, 1.165) is 11.9 Å². The Morgan fingerprint density at radius 1 is 0.981 bits per heavy atom. The average molecular weight is 775 g/mol. The molecule has 300 valence electrons. The van der Waals surface area contributed by atoms with Gasteiger partial charge in [-0.2, -0.15) is 13.2 Å². The Bertz CT molecular complexity index is 1380. The molecule has 1 aromatic carbocycles. The van der Waals surface area contributed by atoms with Gasteiger partial charge in [-0.15, -0.1) is 0 Å². The standard InChI is InChI=1S/C36H57F3N6O7S/c1-11-22(4)31(44(8)29(47)20-40-34(49)30(21(2)3)43(6)7)27(51-9)19-28(46)45-18-12-13-26(45)32(52-10)23(5)33(48)42-53-25-16-14-24(15-17-25)41-35(50)36(37,38)39/h14-17,21-23,26-27,30-32H,11-13,18-20H2,1-10H3,(H,40,49)(H,41,50)(H,42,48). The number of anilines is 1. The van der Waals surface area contributed by atoms with Crippen molar-refractivity contribution in [2.24, 2.45) is 17.8 Å².